The van der Waals surface area contributed by atoms with Crippen molar-refractivity contribution in [3.63, 3.8) is 0 Å². The van der Waals surface area contributed by atoms with E-state index in [0.717, 1.165) is 5.57 Å². The maximum atomic E-state index is 10.7. The molecule has 0 aliphatic heterocycles. The first kappa shape index (κ1) is 9.80. The first-order chi connectivity index (χ1) is 4.52. The quantitative estimate of drug-likeness (QED) is 0.506. The van der Waals surface area contributed by atoms with Crippen LogP contribution >= 0.6 is 7.80 Å². The Bertz CT molecular complexity index is 150. The van der Waals surface area contributed by atoms with Gasteiger partial charge in [-0.25, -0.2) is 0 Å². The van der Waals surface area contributed by atoms with Gasteiger partial charge in [-0.15, -0.1) is 0 Å². The highest BCUT2D eigenvalue weighted by atomic mass is 31.1. The highest BCUT2D eigenvalue weighted by molar-refractivity contribution is 7.44. The highest BCUT2D eigenvalue weighted by Gasteiger charge is 2.06. The third-order valence-corrected chi connectivity index (χ3v) is 1.94. The molecule has 0 aromatic heterocycles. The molecule has 10 heavy (non-hydrogen) atoms. The molecule has 3 heteroatoms. The third kappa shape index (κ3) is 5.93. The lowest BCUT2D eigenvalue weighted by atomic mass is 10.2. The maximum absolute atomic E-state index is 10.7. The minimum Gasteiger partial charge on any atom is -0.389 e. The van der Waals surface area contributed by atoms with Crippen LogP contribution in [0, 0.1) is 0 Å². The number of rotatable bonds is 3. The van der Waals surface area contributed by atoms with Crippen molar-refractivity contribution >= 4 is 7.80 Å². The zero-order valence-corrected chi connectivity index (χ0v) is 7.56. The van der Waals surface area contributed by atoms with Crippen molar-refractivity contribution in [3.05, 3.63) is 11.6 Å². The van der Waals surface area contributed by atoms with E-state index in [0.29, 0.717) is 6.16 Å². The molecular formula is C7H14O2P+. The first-order valence-corrected chi connectivity index (χ1v) is 5.15. The molecule has 2 unspecified atom stereocenters. The fourth-order valence-corrected chi connectivity index (χ4v) is 1.62. The van der Waals surface area contributed by atoms with E-state index in [-0.39, 0.29) is 0 Å². The van der Waals surface area contributed by atoms with E-state index in [4.69, 9.17) is 5.11 Å². The fourth-order valence-electron chi connectivity index (χ4n) is 0.816. The van der Waals surface area contributed by atoms with Crippen molar-refractivity contribution in [3.8, 4) is 0 Å². The number of hydrogen-bond acceptors (Lipinski definition) is 2. The molecule has 0 spiro atoms. The summed E-state index contributed by atoms with van der Waals surface area (Å²) in [6.45, 7) is 5.25. The van der Waals surface area contributed by atoms with Crippen LogP contribution in [-0.4, -0.2) is 24.0 Å². The van der Waals surface area contributed by atoms with E-state index in [1.54, 1.807) is 19.7 Å². The maximum Gasteiger partial charge on any atom is 0.339 e. The summed E-state index contributed by atoms with van der Waals surface area (Å²) in [5, 5.41) is 8.86. The molecule has 58 valence electrons. The van der Waals surface area contributed by atoms with Gasteiger partial charge in [0, 0.05) is 0 Å². The first-order valence-electron chi connectivity index (χ1n) is 3.26. The molecular weight excluding hydrogens is 147 g/mol. The van der Waals surface area contributed by atoms with Crippen LogP contribution in [0.4, 0.5) is 0 Å². The molecule has 0 fully saturated rings. The number of hydrogen-bond donors (Lipinski definition) is 1. The van der Waals surface area contributed by atoms with Crippen molar-refractivity contribution in [1.82, 2.24) is 0 Å². The Morgan fingerprint density at radius 2 is 2.30 bits per heavy atom. The summed E-state index contributed by atoms with van der Waals surface area (Å²) in [5.41, 5.74) is 0.999. The molecule has 2 atom stereocenters. The molecule has 0 saturated carbocycles. The molecule has 0 aliphatic rings. The van der Waals surface area contributed by atoms with E-state index in [9.17, 15) is 4.57 Å². The molecule has 0 heterocycles. The average molecular weight is 161 g/mol. The Kier molecular flexibility index (Phi) is 4.50. The van der Waals surface area contributed by atoms with E-state index >= 15 is 0 Å². The Balaban J connectivity index is 3.82. The van der Waals surface area contributed by atoms with Crippen LogP contribution in [0.25, 0.3) is 0 Å². The van der Waals surface area contributed by atoms with Gasteiger partial charge in [-0.2, -0.15) is 0 Å². The second kappa shape index (κ2) is 4.59. The topological polar surface area (TPSA) is 37.3 Å². The zero-order chi connectivity index (χ0) is 8.15. The lowest BCUT2D eigenvalue weighted by Gasteiger charge is -1.94. The molecule has 0 amide bonds. The summed E-state index contributed by atoms with van der Waals surface area (Å²) in [6.07, 6.45) is 1.90. The Hall–Kier alpha value is -0.200. The summed E-state index contributed by atoms with van der Waals surface area (Å²) in [5.74, 6) is 0. The number of aliphatic hydroxyl groups excluding tert-OH is 1. The summed E-state index contributed by atoms with van der Waals surface area (Å²) < 4.78 is 10.7. The summed E-state index contributed by atoms with van der Waals surface area (Å²) in [4.78, 5) is 0. The van der Waals surface area contributed by atoms with Gasteiger partial charge in [0.1, 0.15) is 6.66 Å². The van der Waals surface area contributed by atoms with Crippen LogP contribution in [-0.2, 0) is 4.57 Å². The minimum absolute atomic E-state index is 0.421. The van der Waals surface area contributed by atoms with Crippen LogP contribution in [0.15, 0.2) is 11.6 Å². The second-order valence-electron chi connectivity index (χ2n) is 2.54. The summed E-state index contributed by atoms with van der Waals surface area (Å²) in [7, 11) is -1.10. The van der Waals surface area contributed by atoms with Crippen LogP contribution in [0.3, 0.4) is 0 Å². The average Bonchev–Trinajstić information content (AvgIpc) is 1.58. The van der Waals surface area contributed by atoms with Gasteiger partial charge in [0.05, 0.1) is 6.10 Å². The predicted molar refractivity (Wildman–Crippen MR) is 43.8 cm³/mol. The molecule has 2 nitrogen and oxygen atoms in total. The second-order valence-corrected chi connectivity index (χ2v) is 4.11. The monoisotopic (exact) mass is 161 g/mol. The largest absolute Gasteiger partial charge is 0.389 e. The molecule has 0 aliphatic carbocycles. The van der Waals surface area contributed by atoms with Crippen molar-refractivity contribution in [2.75, 3.05) is 12.8 Å². The van der Waals surface area contributed by atoms with Crippen LogP contribution in [0.1, 0.15) is 13.8 Å². The predicted octanol–water partition coefficient (Wildman–Crippen LogP) is 1.77. The van der Waals surface area contributed by atoms with Gasteiger partial charge in [-0.3, -0.25) is 0 Å². The highest BCUT2D eigenvalue weighted by Crippen LogP contribution is 2.17. The van der Waals surface area contributed by atoms with E-state index in [1.165, 1.54) is 0 Å². The summed E-state index contributed by atoms with van der Waals surface area (Å²) in [6, 6.07) is 0. The smallest absolute Gasteiger partial charge is 0.339 e. The molecule has 0 aromatic rings. The SMILES string of the molecule is C/C(=C\C(C)O)C[P+](C)=O. The van der Waals surface area contributed by atoms with Gasteiger partial charge in [0.2, 0.25) is 0 Å². The van der Waals surface area contributed by atoms with Gasteiger partial charge < -0.3 is 5.11 Å². The molecule has 0 rings (SSSR count). The minimum atomic E-state index is -1.10. The molecule has 0 aromatic carbocycles. The van der Waals surface area contributed by atoms with E-state index in [2.05, 4.69) is 0 Å². The van der Waals surface area contributed by atoms with Crippen molar-refractivity contribution in [2.24, 2.45) is 0 Å². The zero-order valence-electron chi connectivity index (χ0n) is 6.66. The lowest BCUT2D eigenvalue weighted by molar-refractivity contribution is 0.243. The van der Waals surface area contributed by atoms with Crippen LogP contribution < -0.4 is 0 Å². The van der Waals surface area contributed by atoms with Crippen molar-refractivity contribution in [1.29, 1.82) is 0 Å². The normalized spacial score (nSPS) is 16.8. The van der Waals surface area contributed by atoms with Gasteiger partial charge in [-0.1, -0.05) is 10.6 Å². The van der Waals surface area contributed by atoms with Gasteiger partial charge in [0.15, 0.2) is 6.16 Å². The molecule has 0 saturated heterocycles. The Morgan fingerprint density at radius 1 is 1.80 bits per heavy atom. The standard InChI is InChI=1S/C7H14O2P/c1-6(4-7(2)8)5-10(3)9/h4,7-8H,5H2,1-3H3/q+1/b6-4+. The fraction of sp³-hybridized carbons (Fsp3) is 0.714. The Labute approximate surface area is 62.7 Å². The van der Waals surface area contributed by atoms with E-state index in [1.807, 2.05) is 6.92 Å². The molecule has 0 radical (unpaired) electrons. The molecule has 0 bridgehead atoms. The van der Waals surface area contributed by atoms with Gasteiger partial charge >= 0.3 is 7.80 Å². The summed E-state index contributed by atoms with van der Waals surface area (Å²) >= 11 is 0. The van der Waals surface area contributed by atoms with Gasteiger partial charge in [0.25, 0.3) is 0 Å². The van der Waals surface area contributed by atoms with Crippen LogP contribution in [0.5, 0.6) is 0 Å². The van der Waals surface area contributed by atoms with Crippen molar-refractivity contribution in [2.45, 2.75) is 20.0 Å². The lowest BCUT2D eigenvalue weighted by Crippen LogP contribution is -1.95. The number of allylic oxidation sites excluding steroid dienone is 1. The Morgan fingerprint density at radius 3 is 2.60 bits per heavy atom. The van der Waals surface area contributed by atoms with E-state index < -0.39 is 13.9 Å². The third-order valence-electron chi connectivity index (χ3n) is 0.998. The van der Waals surface area contributed by atoms with Gasteiger partial charge in [-0.05, 0) is 19.4 Å². The number of aliphatic hydroxyl groups is 1. The van der Waals surface area contributed by atoms with Crippen LogP contribution in [0.2, 0.25) is 0 Å². The molecule has 1 N–H and O–H groups in total. The van der Waals surface area contributed by atoms with Crippen molar-refractivity contribution < 1.29 is 9.67 Å².